The highest BCUT2D eigenvalue weighted by atomic mass is 35.5. The lowest BCUT2D eigenvalue weighted by Gasteiger charge is -2.37. The van der Waals surface area contributed by atoms with E-state index < -0.39 is 11.7 Å². The quantitative estimate of drug-likeness (QED) is 0.628. The van der Waals surface area contributed by atoms with Crippen molar-refractivity contribution in [1.29, 1.82) is 0 Å². The first-order chi connectivity index (χ1) is 16.1. The van der Waals surface area contributed by atoms with E-state index in [1.165, 1.54) is 0 Å². The smallest absolute Gasteiger partial charge is 0.372 e. The number of hydrogen-bond acceptors (Lipinski definition) is 5. The Morgan fingerprint density at radius 2 is 1.71 bits per heavy atom. The molecule has 4 rings (SSSR count). The summed E-state index contributed by atoms with van der Waals surface area (Å²) in [5, 5.41) is 2.94. The fourth-order valence-corrected chi connectivity index (χ4v) is 4.85. The molecule has 2 saturated heterocycles. The van der Waals surface area contributed by atoms with Crippen molar-refractivity contribution < 1.29 is 22.7 Å². The molecule has 3 heterocycles. The number of nitrogens with zero attached hydrogens (tertiary/aromatic N) is 3. The van der Waals surface area contributed by atoms with Gasteiger partial charge in [-0.15, -0.1) is 0 Å². The van der Waals surface area contributed by atoms with Crippen molar-refractivity contribution >= 4 is 34.7 Å². The SMILES string of the molecule is CC1CN(c2ccc(NC(=O)C3CCN(c4ncc(C(F)(F)F)cc4Cl)CC3)cc2)CC(C)O1. The molecule has 2 aromatic rings. The van der Waals surface area contributed by atoms with Gasteiger partial charge < -0.3 is 19.9 Å². The molecule has 0 bridgehead atoms. The van der Waals surface area contributed by atoms with Gasteiger partial charge in [-0.3, -0.25) is 4.79 Å². The Labute approximate surface area is 202 Å². The molecule has 1 aromatic heterocycles. The molecule has 2 atom stereocenters. The summed E-state index contributed by atoms with van der Waals surface area (Å²) in [5.41, 5.74) is 0.950. The highest BCUT2D eigenvalue weighted by Crippen LogP contribution is 2.35. The average Bonchev–Trinajstić information content (AvgIpc) is 2.78. The Bertz CT molecular complexity index is 1000. The number of piperidine rings is 1. The highest BCUT2D eigenvalue weighted by Gasteiger charge is 2.33. The summed E-state index contributed by atoms with van der Waals surface area (Å²) >= 11 is 6.07. The molecule has 1 aromatic carbocycles. The number of benzene rings is 1. The monoisotopic (exact) mass is 496 g/mol. The van der Waals surface area contributed by atoms with Gasteiger partial charge in [0, 0.05) is 49.7 Å². The van der Waals surface area contributed by atoms with Gasteiger partial charge in [-0.1, -0.05) is 11.6 Å². The number of morpholine rings is 1. The van der Waals surface area contributed by atoms with Crippen molar-refractivity contribution in [1.82, 2.24) is 4.98 Å². The number of pyridine rings is 1. The van der Waals surface area contributed by atoms with E-state index in [9.17, 15) is 18.0 Å². The molecule has 0 aliphatic carbocycles. The largest absolute Gasteiger partial charge is 0.417 e. The number of ether oxygens (including phenoxy) is 1. The van der Waals surface area contributed by atoms with Gasteiger partial charge in [0.25, 0.3) is 0 Å². The third-order valence-corrected chi connectivity index (χ3v) is 6.51. The minimum absolute atomic E-state index is 0.0399. The highest BCUT2D eigenvalue weighted by molar-refractivity contribution is 6.33. The van der Waals surface area contributed by atoms with Crippen molar-refractivity contribution in [2.75, 3.05) is 41.3 Å². The Balaban J connectivity index is 1.31. The lowest BCUT2D eigenvalue weighted by Crippen LogP contribution is -2.45. The summed E-state index contributed by atoms with van der Waals surface area (Å²) < 4.78 is 44.3. The number of amides is 1. The van der Waals surface area contributed by atoms with Crippen LogP contribution in [0.15, 0.2) is 36.5 Å². The predicted octanol–water partition coefficient (Wildman–Crippen LogP) is 5.22. The maximum atomic E-state index is 12.8. The second-order valence-corrected chi connectivity index (χ2v) is 9.39. The van der Waals surface area contributed by atoms with Crippen LogP contribution in [0.5, 0.6) is 0 Å². The Morgan fingerprint density at radius 1 is 1.09 bits per heavy atom. The van der Waals surface area contributed by atoms with Gasteiger partial charge in [-0.25, -0.2) is 4.98 Å². The van der Waals surface area contributed by atoms with E-state index in [0.29, 0.717) is 31.7 Å². The van der Waals surface area contributed by atoms with E-state index in [2.05, 4.69) is 29.0 Å². The molecule has 184 valence electrons. The molecule has 2 unspecified atom stereocenters. The van der Waals surface area contributed by atoms with Gasteiger partial charge in [-0.05, 0) is 57.0 Å². The Hall–Kier alpha value is -2.52. The van der Waals surface area contributed by atoms with Gasteiger partial charge in [0.05, 0.1) is 22.8 Å². The zero-order valence-corrected chi connectivity index (χ0v) is 19.9. The molecule has 0 radical (unpaired) electrons. The number of halogens is 4. The topological polar surface area (TPSA) is 57.7 Å². The van der Waals surface area contributed by atoms with Crippen molar-refractivity contribution in [2.45, 2.75) is 45.1 Å². The van der Waals surface area contributed by atoms with Gasteiger partial charge in [-0.2, -0.15) is 13.2 Å². The second-order valence-electron chi connectivity index (χ2n) is 8.99. The summed E-state index contributed by atoms with van der Waals surface area (Å²) in [6, 6.07) is 8.70. The van der Waals surface area contributed by atoms with Gasteiger partial charge in [0.2, 0.25) is 5.91 Å². The fourth-order valence-electron chi connectivity index (χ4n) is 4.56. The van der Waals surface area contributed by atoms with Crippen LogP contribution in [0.2, 0.25) is 5.02 Å². The molecule has 2 aliphatic heterocycles. The van der Waals surface area contributed by atoms with E-state index in [1.54, 1.807) is 0 Å². The lowest BCUT2D eigenvalue weighted by molar-refractivity contribution is -0.137. The van der Waals surface area contributed by atoms with Crippen molar-refractivity contribution in [3.8, 4) is 0 Å². The van der Waals surface area contributed by atoms with Crippen LogP contribution in [-0.4, -0.2) is 49.3 Å². The minimum Gasteiger partial charge on any atom is -0.372 e. The zero-order chi connectivity index (χ0) is 24.5. The van der Waals surface area contributed by atoms with Gasteiger partial charge in [0.1, 0.15) is 5.82 Å². The third kappa shape index (κ3) is 5.75. The number of nitrogens with one attached hydrogen (secondary N) is 1. The molecule has 0 spiro atoms. The van der Waals surface area contributed by atoms with Crippen LogP contribution in [0.4, 0.5) is 30.4 Å². The number of hydrogen-bond donors (Lipinski definition) is 1. The molecule has 34 heavy (non-hydrogen) atoms. The van der Waals surface area contributed by atoms with Crippen LogP contribution in [0.1, 0.15) is 32.3 Å². The van der Waals surface area contributed by atoms with Crippen LogP contribution in [0, 0.1) is 5.92 Å². The molecule has 1 N–H and O–H groups in total. The zero-order valence-electron chi connectivity index (χ0n) is 19.1. The molecular weight excluding hydrogens is 469 g/mol. The molecule has 6 nitrogen and oxygen atoms in total. The maximum Gasteiger partial charge on any atom is 0.417 e. The van der Waals surface area contributed by atoms with Gasteiger partial charge >= 0.3 is 6.18 Å². The van der Waals surface area contributed by atoms with Crippen molar-refractivity contribution in [3.63, 3.8) is 0 Å². The van der Waals surface area contributed by atoms with Gasteiger partial charge in [0.15, 0.2) is 0 Å². The number of carbonyl (C=O) groups excluding carboxylic acids is 1. The van der Waals surface area contributed by atoms with Crippen molar-refractivity contribution in [2.24, 2.45) is 5.92 Å². The molecule has 10 heteroatoms. The molecule has 2 fully saturated rings. The number of carbonyl (C=O) groups is 1. The fraction of sp³-hybridized carbons (Fsp3) is 0.500. The molecular formula is C24H28ClF3N4O2. The average molecular weight is 497 g/mol. The number of alkyl halides is 3. The first-order valence-corrected chi connectivity index (χ1v) is 11.8. The van der Waals surface area contributed by atoms with E-state index in [1.807, 2.05) is 29.2 Å². The number of rotatable bonds is 4. The summed E-state index contributed by atoms with van der Waals surface area (Å²) in [6.45, 7) is 6.75. The van der Waals surface area contributed by atoms with Crippen molar-refractivity contribution in [3.05, 3.63) is 47.1 Å². The summed E-state index contributed by atoms with van der Waals surface area (Å²) in [6.07, 6.45) is -2.23. The number of anilines is 3. The Kier molecular flexibility index (Phi) is 7.23. The lowest BCUT2D eigenvalue weighted by atomic mass is 9.95. The molecule has 2 aliphatic rings. The maximum absolute atomic E-state index is 12.8. The molecule has 0 saturated carbocycles. The van der Waals surface area contributed by atoms with E-state index in [4.69, 9.17) is 16.3 Å². The number of aromatic nitrogens is 1. The minimum atomic E-state index is -4.49. The first kappa shape index (κ1) is 24.6. The van der Waals surface area contributed by atoms with Crippen LogP contribution < -0.4 is 15.1 Å². The standard InChI is InChI=1S/C24H28ClF3N4O2/c1-15-13-32(14-16(2)34-15)20-5-3-19(4-6-20)30-23(33)17-7-9-31(10-8-17)22-21(25)11-18(12-29-22)24(26,27)28/h3-6,11-12,15-17H,7-10,13-14H2,1-2H3,(H,30,33). The van der Waals surface area contributed by atoms with E-state index in [-0.39, 0.29) is 29.1 Å². The second kappa shape index (κ2) is 10.00. The summed E-state index contributed by atoms with van der Waals surface area (Å²) in [4.78, 5) is 20.8. The Morgan fingerprint density at radius 3 is 2.26 bits per heavy atom. The first-order valence-electron chi connectivity index (χ1n) is 11.4. The molecule has 1 amide bonds. The predicted molar refractivity (Wildman–Crippen MR) is 126 cm³/mol. The van der Waals surface area contributed by atoms with Crippen LogP contribution in [0.25, 0.3) is 0 Å². The van der Waals surface area contributed by atoms with E-state index in [0.717, 1.165) is 36.7 Å². The third-order valence-electron chi connectivity index (χ3n) is 6.23. The van der Waals surface area contributed by atoms with Crippen LogP contribution in [-0.2, 0) is 15.7 Å². The van der Waals surface area contributed by atoms with Crippen LogP contribution in [0.3, 0.4) is 0 Å². The van der Waals surface area contributed by atoms with Crippen LogP contribution >= 0.6 is 11.6 Å². The summed E-state index contributed by atoms with van der Waals surface area (Å²) in [5.74, 6) is 0.0634. The van der Waals surface area contributed by atoms with E-state index >= 15 is 0 Å². The summed E-state index contributed by atoms with van der Waals surface area (Å²) in [7, 11) is 0. The normalized spacial score (nSPS) is 22.1.